The summed E-state index contributed by atoms with van der Waals surface area (Å²) in [6, 6.07) is 0.908. The number of aromatic nitrogens is 3. The fraction of sp³-hybridized carbons (Fsp3) is 0.846. The highest BCUT2D eigenvalue weighted by Crippen LogP contribution is 2.27. The van der Waals surface area contributed by atoms with E-state index in [0.29, 0.717) is 12.1 Å². The van der Waals surface area contributed by atoms with Gasteiger partial charge in [-0.1, -0.05) is 13.8 Å². The van der Waals surface area contributed by atoms with Gasteiger partial charge in [0.15, 0.2) is 0 Å². The molecule has 0 fully saturated rings. The third-order valence-electron chi connectivity index (χ3n) is 3.12. The van der Waals surface area contributed by atoms with Crippen molar-refractivity contribution in [2.45, 2.75) is 59.5 Å². The van der Waals surface area contributed by atoms with Crippen LogP contribution in [-0.4, -0.2) is 27.9 Å². The van der Waals surface area contributed by atoms with Crippen molar-refractivity contribution in [3.05, 3.63) is 12.2 Å². The smallest absolute Gasteiger partial charge is 0.138 e. The van der Waals surface area contributed by atoms with Crippen LogP contribution >= 0.6 is 0 Å². The number of hydrogen-bond donors (Lipinski definition) is 1. The first-order valence-corrected chi connectivity index (χ1v) is 6.41. The lowest BCUT2D eigenvalue weighted by Crippen LogP contribution is -2.30. The Kier molecular flexibility index (Phi) is 4.69. The molecular formula is C13H26N4. The quantitative estimate of drug-likeness (QED) is 0.827. The van der Waals surface area contributed by atoms with Crippen LogP contribution in [0.25, 0.3) is 0 Å². The SMILES string of the molecule is CNC(C)CC(C)(C)Cc1ncnn1C(C)C. The van der Waals surface area contributed by atoms with Gasteiger partial charge in [-0.25, -0.2) is 9.67 Å². The van der Waals surface area contributed by atoms with Gasteiger partial charge in [-0.3, -0.25) is 0 Å². The van der Waals surface area contributed by atoms with Crippen molar-refractivity contribution in [3.63, 3.8) is 0 Å². The minimum Gasteiger partial charge on any atom is -0.317 e. The second kappa shape index (κ2) is 5.63. The maximum atomic E-state index is 4.39. The van der Waals surface area contributed by atoms with E-state index in [1.54, 1.807) is 6.33 Å². The summed E-state index contributed by atoms with van der Waals surface area (Å²) in [5.74, 6) is 1.09. The number of hydrogen-bond acceptors (Lipinski definition) is 3. The van der Waals surface area contributed by atoms with Gasteiger partial charge in [-0.05, 0) is 39.7 Å². The van der Waals surface area contributed by atoms with E-state index in [1.165, 1.54) is 0 Å². The summed E-state index contributed by atoms with van der Waals surface area (Å²) in [4.78, 5) is 4.39. The summed E-state index contributed by atoms with van der Waals surface area (Å²) < 4.78 is 2.02. The first kappa shape index (κ1) is 14.2. The van der Waals surface area contributed by atoms with Crippen molar-refractivity contribution < 1.29 is 0 Å². The summed E-state index contributed by atoms with van der Waals surface area (Å²) in [5, 5.41) is 7.58. The normalized spacial score (nSPS) is 14.3. The first-order chi connectivity index (χ1) is 7.85. The Balaban J connectivity index is 2.72. The maximum Gasteiger partial charge on any atom is 0.138 e. The van der Waals surface area contributed by atoms with Gasteiger partial charge < -0.3 is 5.32 Å². The third kappa shape index (κ3) is 4.11. The lowest BCUT2D eigenvalue weighted by atomic mass is 9.82. The molecule has 0 aliphatic rings. The van der Waals surface area contributed by atoms with Crippen LogP contribution in [0.5, 0.6) is 0 Å². The van der Waals surface area contributed by atoms with Gasteiger partial charge in [0, 0.05) is 18.5 Å². The lowest BCUT2D eigenvalue weighted by Gasteiger charge is -2.28. The molecule has 1 atom stereocenters. The molecule has 98 valence electrons. The van der Waals surface area contributed by atoms with E-state index in [1.807, 2.05) is 11.7 Å². The zero-order valence-corrected chi connectivity index (χ0v) is 12.0. The van der Waals surface area contributed by atoms with Crippen LogP contribution in [-0.2, 0) is 6.42 Å². The molecule has 0 aliphatic heterocycles. The van der Waals surface area contributed by atoms with Crippen LogP contribution in [0.1, 0.15) is 52.9 Å². The number of nitrogens with zero attached hydrogens (tertiary/aromatic N) is 3. The predicted molar refractivity (Wildman–Crippen MR) is 71.0 cm³/mol. The van der Waals surface area contributed by atoms with Crippen LogP contribution in [0.4, 0.5) is 0 Å². The van der Waals surface area contributed by atoms with Gasteiger partial charge in [-0.2, -0.15) is 5.10 Å². The van der Waals surface area contributed by atoms with Crippen LogP contribution in [0.3, 0.4) is 0 Å². The van der Waals surface area contributed by atoms with Gasteiger partial charge in [0.2, 0.25) is 0 Å². The Morgan fingerprint density at radius 1 is 1.35 bits per heavy atom. The lowest BCUT2D eigenvalue weighted by molar-refractivity contribution is 0.280. The first-order valence-electron chi connectivity index (χ1n) is 6.41. The maximum absolute atomic E-state index is 4.39. The van der Waals surface area contributed by atoms with Crippen molar-refractivity contribution in [2.24, 2.45) is 5.41 Å². The van der Waals surface area contributed by atoms with Crippen LogP contribution in [0.15, 0.2) is 6.33 Å². The molecule has 0 spiro atoms. The topological polar surface area (TPSA) is 42.7 Å². The molecule has 0 radical (unpaired) electrons. The molecule has 1 aromatic heterocycles. The minimum absolute atomic E-state index is 0.238. The molecule has 4 nitrogen and oxygen atoms in total. The second-order valence-corrected chi connectivity index (χ2v) is 5.95. The highest BCUT2D eigenvalue weighted by Gasteiger charge is 2.24. The molecule has 0 saturated heterocycles. The molecule has 1 aromatic rings. The third-order valence-corrected chi connectivity index (χ3v) is 3.12. The Labute approximate surface area is 105 Å². The summed E-state index contributed by atoms with van der Waals surface area (Å²) in [7, 11) is 2.01. The van der Waals surface area contributed by atoms with E-state index in [0.717, 1.165) is 18.7 Å². The Morgan fingerprint density at radius 3 is 2.53 bits per heavy atom. The molecule has 0 bridgehead atoms. The summed E-state index contributed by atoms with van der Waals surface area (Å²) in [6.07, 6.45) is 3.76. The predicted octanol–water partition coefficient (Wildman–Crippen LogP) is 2.43. The van der Waals surface area contributed by atoms with Crippen molar-refractivity contribution in [2.75, 3.05) is 7.05 Å². The van der Waals surface area contributed by atoms with E-state index < -0.39 is 0 Å². The summed E-state index contributed by atoms with van der Waals surface area (Å²) in [6.45, 7) is 11.1. The minimum atomic E-state index is 0.238. The van der Waals surface area contributed by atoms with Gasteiger partial charge in [0.25, 0.3) is 0 Å². The average molecular weight is 238 g/mol. The van der Waals surface area contributed by atoms with Crippen molar-refractivity contribution in [1.82, 2.24) is 20.1 Å². The van der Waals surface area contributed by atoms with Crippen LogP contribution < -0.4 is 5.32 Å². The van der Waals surface area contributed by atoms with E-state index in [4.69, 9.17) is 0 Å². The monoisotopic (exact) mass is 238 g/mol. The van der Waals surface area contributed by atoms with Crippen LogP contribution in [0, 0.1) is 5.41 Å². The largest absolute Gasteiger partial charge is 0.317 e. The van der Waals surface area contributed by atoms with Gasteiger partial charge in [0.1, 0.15) is 12.2 Å². The second-order valence-electron chi connectivity index (χ2n) is 5.95. The standard InChI is InChI=1S/C13H26N4/c1-10(2)17-12(15-9-16-17)8-13(4,5)7-11(3)14-6/h9-11,14H,7-8H2,1-6H3. The highest BCUT2D eigenvalue weighted by atomic mass is 15.3. The summed E-state index contributed by atoms with van der Waals surface area (Å²) >= 11 is 0. The zero-order valence-electron chi connectivity index (χ0n) is 12.0. The Bertz CT molecular complexity index is 341. The zero-order chi connectivity index (χ0) is 13.1. The molecule has 0 aromatic carbocycles. The number of rotatable bonds is 6. The average Bonchev–Trinajstić information content (AvgIpc) is 2.64. The fourth-order valence-corrected chi connectivity index (χ4v) is 2.26. The van der Waals surface area contributed by atoms with E-state index in [9.17, 15) is 0 Å². The molecule has 0 amide bonds. The molecule has 0 saturated carbocycles. The number of nitrogens with one attached hydrogen (secondary N) is 1. The fourth-order valence-electron chi connectivity index (χ4n) is 2.26. The van der Waals surface area contributed by atoms with E-state index in [2.05, 4.69) is 50.0 Å². The Hall–Kier alpha value is -0.900. The Morgan fingerprint density at radius 2 is 2.00 bits per heavy atom. The van der Waals surface area contributed by atoms with E-state index >= 15 is 0 Å². The van der Waals surface area contributed by atoms with Crippen molar-refractivity contribution in [1.29, 1.82) is 0 Å². The molecular weight excluding hydrogens is 212 g/mol. The van der Waals surface area contributed by atoms with Crippen molar-refractivity contribution in [3.8, 4) is 0 Å². The van der Waals surface area contributed by atoms with Crippen molar-refractivity contribution >= 4 is 0 Å². The van der Waals surface area contributed by atoms with Gasteiger partial charge in [-0.15, -0.1) is 0 Å². The molecule has 1 rings (SSSR count). The van der Waals surface area contributed by atoms with E-state index in [-0.39, 0.29) is 5.41 Å². The van der Waals surface area contributed by atoms with Gasteiger partial charge in [0.05, 0.1) is 0 Å². The molecule has 1 N–H and O–H groups in total. The molecule has 4 heteroatoms. The molecule has 0 aliphatic carbocycles. The van der Waals surface area contributed by atoms with Crippen LogP contribution in [0.2, 0.25) is 0 Å². The van der Waals surface area contributed by atoms with Gasteiger partial charge >= 0.3 is 0 Å². The highest BCUT2D eigenvalue weighted by molar-refractivity contribution is 4.93. The molecule has 1 heterocycles. The summed E-state index contributed by atoms with van der Waals surface area (Å²) in [5.41, 5.74) is 0.238. The molecule has 1 unspecified atom stereocenters. The molecule has 17 heavy (non-hydrogen) atoms.